The van der Waals surface area contributed by atoms with Crippen molar-refractivity contribution < 1.29 is 19.1 Å². The van der Waals surface area contributed by atoms with Gasteiger partial charge in [0.25, 0.3) is 5.91 Å². The molecule has 1 aliphatic rings. The van der Waals surface area contributed by atoms with Crippen molar-refractivity contribution in [3.05, 3.63) is 60.3 Å². The number of esters is 1. The van der Waals surface area contributed by atoms with Gasteiger partial charge in [-0.25, -0.2) is 9.78 Å². The first-order valence-electron chi connectivity index (χ1n) is 9.57. The second kappa shape index (κ2) is 8.79. The standard InChI is InChI=1S/C22H21N3O4/c26-21(24-13-15-6-5-11-28-15)14-29-22(27)17-12-20(19-9-3-4-10-23-19)25-18-8-2-1-7-16(17)18/h1-4,7-10,12,15H,5-6,11,13-14H2,(H,24,26). The summed E-state index contributed by atoms with van der Waals surface area (Å²) in [5.41, 5.74) is 2.23. The molecule has 7 nitrogen and oxygen atoms in total. The van der Waals surface area contributed by atoms with Crippen molar-refractivity contribution in [2.24, 2.45) is 0 Å². The number of hydrogen-bond donors (Lipinski definition) is 1. The van der Waals surface area contributed by atoms with Gasteiger partial charge in [0.15, 0.2) is 6.61 Å². The molecule has 0 aliphatic carbocycles. The number of amides is 1. The highest BCUT2D eigenvalue weighted by Gasteiger charge is 2.19. The predicted octanol–water partition coefficient (Wildman–Crippen LogP) is 2.75. The van der Waals surface area contributed by atoms with E-state index in [1.807, 2.05) is 36.4 Å². The van der Waals surface area contributed by atoms with E-state index in [9.17, 15) is 9.59 Å². The molecule has 1 saturated heterocycles. The van der Waals surface area contributed by atoms with E-state index in [1.54, 1.807) is 18.3 Å². The lowest BCUT2D eigenvalue weighted by molar-refractivity contribution is -0.124. The molecule has 0 saturated carbocycles. The van der Waals surface area contributed by atoms with E-state index < -0.39 is 5.97 Å². The molecule has 1 unspecified atom stereocenters. The Hall–Kier alpha value is -3.32. The molecule has 148 valence electrons. The summed E-state index contributed by atoms with van der Waals surface area (Å²) in [6.07, 6.45) is 3.64. The monoisotopic (exact) mass is 391 g/mol. The van der Waals surface area contributed by atoms with Crippen LogP contribution in [0.1, 0.15) is 23.2 Å². The van der Waals surface area contributed by atoms with Crippen LogP contribution < -0.4 is 5.32 Å². The summed E-state index contributed by atoms with van der Waals surface area (Å²) < 4.78 is 10.7. The average Bonchev–Trinajstić information content (AvgIpc) is 3.29. The van der Waals surface area contributed by atoms with Crippen molar-refractivity contribution in [1.29, 1.82) is 0 Å². The third kappa shape index (κ3) is 4.57. The Bertz CT molecular complexity index is 1020. The van der Waals surface area contributed by atoms with Crippen molar-refractivity contribution in [2.45, 2.75) is 18.9 Å². The first-order chi connectivity index (χ1) is 14.2. The van der Waals surface area contributed by atoms with E-state index in [2.05, 4.69) is 15.3 Å². The molecule has 1 fully saturated rings. The Morgan fingerprint density at radius 2 is 2.00 bits per heavy atom. The molecule has 2 aromatic heterocycles. The van der Waals surface area contributed by atoms with E-state index in [-0.39, 0.29) is 18.6 Å². The molecule has 1 aliphatic heterocycles. The Morgan fingerprint density at radius 1 is 1.14 bits per heavy atom. The number of rotatable bonds is 6. The van der Waals surface area contributed by atoms with Crippen LogP contribution in [0.15, 0.2) is 54.7 Å². The third-order valence-electron chi connectivity index (χ3n) is 4.75. The Labute approximate surface area is 168 Å². The lowest BCUT2D eigenvalue weighted by Crippen LogP contribution is -2.34. The largest absolute Gasteiger partial charge is 0.452 e. The van der Waals surface area contributed by atoms with Crippen LogP contribution in [0.4, 0.5) is 0 Å². The molecule has 0 spiro atoms. The zero-order valence-electron chi connectivity index (χ0n) is 15.8. The van der Waals surface area contributed by atoms with E-state index in [4.69, 9.17) is 9.47 Å². The molecule has 3 heterocycles. The van der Waals surface area contributed by atoms with Crippen molar-refractivity contribution in [2.75, 3.05) is 19.8 Å². The second-order valence-corrected chi connectivity index (χ2v) is 6.80. The van der Waals surface area contributed by atoms with Crippen LogP contribution in [0.2, 0.25) is 0 Å². The highest BCUT2D eigenvalue weighted by molar-refractivity contribution is 6.05. The molecule has 4 rings (SSSR count). The summed E-state index contributed by atoms with van der Waals surface area (Å²) in [7, 11) is 0. The smallest absolute Gasteiger partial charge is 0.339 e. The van der Waals surface area contributed by atoms with E-state index in [1.165, 1.54) is 0 Å². The van der Waals surface area contributed by atoms with Crippen molar-refractivity contribution >= 4 is 22.8 Å². The number of pyridine rings is 2. The molecule has 3 aromatic rings. The number of fused-ring (bicyclic) bond motifs is 1. The number of carbonyl (C=O) groups is 2. The number of carbonyl (C=O) groups excluding carboxylic acids is 2. The Morgan fingerprint density at radius 3 is 2.79 bits per heavy atom. The quantitative estimate of drug-likeness (QED) is 0.650. The molecule has 0 radical (unpaired) electrons. The maximum absolute atomic E-state index is 12.7. The number of aromatic nitrogens is 2. The fourth-order valence-corrected chi connectivity index (χ4v) is 3.28. The van der Waals surface area contributed by atoms with Gasteiger partial charge in [-0.2, -0.15) is 0 Å². The van der Waals surface area contributed by atoms with Gasteiger partial charge in [-0.1, -0.05) is 24.3 Å². The van der Waals surface area contributed by atoms with Crippen LogP contribution in [-0.2, 0) is 14.3 Å². The van der Waals surface area contributed by atoms with E-state index in [0.29, 0.717) is 34.4 Å². The van der Waals surface area contributed by atoms with E-state index in [0.717, 1.165) is 19.4 Å². The van der Waals surface area contributed by atoms with Gasteiger partial charge in [0, 0.05) is 24.7 Å². The van der Waals surface area contributed by atoms with Crippen LogP contribution in [-0.4, -0.2) is 47.7 Å². The zero-order valence-corrected chi connectivity index (χ0v) is 15.8. The predicted molar refractivity (Wildman–Crippen MR) is 107 cm³/mol. The first-order valence-corrected chi connectivity index (χ1v) is 9.57. The molecule has 7 heteroatoms. The SMILES string of the molecule is O=C(COC(=O)c1cc(-c2ccccn2)nc2ccccc12)NCC1CCCO1. The minimum absolute atomic E-state index is 0.0414. The molecular weight excluding hydrogens is 370 g/mol. The average molecular weight is 391 g/mol. The molecule has 1 atom stereocenters. The number of para-hydroxylation sites is 1. The zero-order chi connectivity index (χ0) is 20.1. The molecule has 1 aromatic carbocycles. The maximum Gasteiger partial charge on any atom is 0.339 e. The summed E-state index contributed by atoms with van der Waals surface area (Å²) in [5.74, 6) is -0.926. The molecular formula is C22H21N3O4. The number of nitrogens with one attached hydrogen (secondary N) is 1. The Balaban J connectivity index is 1.49. The lowest BCUT2D eigenvalue weighted by atomic mass is 10.1. The number of benzene rings is 1. The van der Waals surface area contributed by atoms with Gasteiger partial charge < -0.3 is 14.8 Å². The molecule has 1 N–H and O–H groups in total. The highest BCUT2D eigenvalue weighted by Crippen LogP contribution is 2.24. The first kappa shape index (κ1) is 19.0. The maximum atomic E-state index is 12.7. The number of hydrogen-bond acceptors (Lipinski definition) is 6. The van der Waals surface area contributed by atoms with Gasteiger partial charge in [0.1, 0.15) is 0 Å². The van der Waals surface area contributed by atoms with Crippen LogP contribution >= 0.6 is 0 Å². The summed E-state index contributed by atoms with van der Waals surface area (Å²) in [6.45, 7) is 0.808. The fraction of sp³-hybridized carbons (Fsp3) is 0.273. The van der Waals surface area contributed by atoms with Crippen molar-refractivity contribution in [3.8, 4) is 11.4 Å². The van der Waals surface area contributed by atoms with Gasteiger partial charge in [-0.3, -0.25) is 9.78 Å². The van der Waals surface area contributed by atoms with Gasteiger partial charge in [-0.05, 0) is 37.1 Å². The van der Waals surface area contributed by atoms with Crippen LogP contribution in [0, 0.1) is 0 Å². The topological polar surface area (TPSA) is 90.4 Å². The second-order valence-electron chi connectivity index (χ2n) is 6.80. The van der Waals surface area contributed by atoms with Gasteiger partial charge >= 0.3 is 5.97 Å². The Kier molecular flexibility index (Phi) is 5.76. The third-order valence-corrected chi connectivity index (χ3v) is 4.75. The molecule has 0 bridgehead atoms. The molecule has 1 amide bonds. The summed E-state index contributed by atoms with van der Waals surface area (Å²) in [6, 6.07) is 14.5. The van der Waals surface area contributed by atoms with Gasteiger partial charge in [0.2, 0.25) is 0 Å². The summed E-state index contributed by atoms with van der Waals surface area (Å²) in [4.78, 5) is 33.6. The highest BCUT2D eigenvalue weighted by atomic mass is 16.5. The summed E-state index contributed by atoms with van der Waals surface area (Å²) >= 11 is 0. The minimum Gasteiger partial charge on any atom is -0.452 e. The number of nitrogens with zero attached hydrogens (tertiary/aromatic N) is 2. The van der Waals surface area contributed by atoms with Crippen molar-refractivity contribution in [3.63, 3.8) is 0 Å². The van der Waals surface area contributed by atoms with Crippen LogP contribution in [0.3, 0.4) is 0 Å². The molecule has 29 heavy (non-hydrogen) atoms. The summed E-state index contributed by atoms with van der Waals surface area (Å²) in [5, 5.41) is 3.41. The minimum atomic E-state index is -0.576. The van der Waals surface area contributed by atoms with Crippen molar-refractivity contribution in [1.82, 2.24) is 15.3 Å². The number of ether oxygens (including phenoxy) is 2. The fourth-order valence-electron chi connectivity index (χ4n) is 3.28. The lowest BCUT2D eigenvalue weighted by Gasteiger charge is -2.12. The van der Waals surface area contributed by atoms with E-state index >= 15 is 0 Å². The normalized spacial score (nSPS) is 15.9. The van der Waals surface area contributed by atoms with Crippen LogP contribution in [0.5, 0.6) is 0 Å². The van der Waals surface area contributed by atoms with Gasteiger partial charge in [0.05, 0.1) is 28.6 Å². The van der Waals surface area contributed by atoms with Crippen LogP contribution in [0.25, 0.3) is 22.3 Å². The van der Waals surface area contributed by atoms with Gasteiger partial charge in [-0.15, -0.1) is 0 Å².